The molecule has 0 aromatic carbocycles. The molecule has 0 spiro atoms. The van der Waals surface area contributed by atoms with Crippen LogP contribution in [0.1, 0.15) is 39.0 Å². The highest BCUT2D eigenvalue weighted by Crippen LogP contribution is 2.24. The SMILES string of the molecule is CC(CN1CCCC1=O)NC(=O)C1CCC(N)C1. The molecule has 3 N–H and O–H groups in total. The third kappa shape index (κ3) is 3.22. The van der Waals surface area contributed by atoms with E-state index in [0.717, 1.165) is 32.2 Å². The average Bonchev–Trinajstić information content (AvgIpc) is 2.89. The average molecular weight is 253 g/mol. The number of amides is 2. The molecule has 0 aromatic rings. The van der Waals surface area contributed by atoms with Crippen LogP contribution in [-0.4, -0.2) is 41.9 Å². The Kier molecular flexibility index (Phi) is 4.22. The van der Waals surface area contributed by atoms with Crippen LogP contribution in [0.3, 0.4) is 0 Å². The van der Waals surface area contributed by atoms with E-state index in [4.69, 9.17) is 5.73 Å². The van der Waals surface area contributed by atoms with Crippen molar-refractivity contribution < 1.29 is 9.59 Å². The van der Waals surface area contributed by atoms with Crippen LogP contribution >= 0.6 is 0 Å². The third-order valence-corrected chi connectivity index (χ3v) is 3.90. The van der Waals surface area contributed by atoms with Crippen LogP contribution in [0.4, 0.5) is 0 Å². The van der Waals surface area contributed by atoms with E-state index < -0.39 is 0 Å². The summed E-state index contributed by atoms with van der Waals surface area (Å²) >= 11 is 0. The number of hydrogen-bond donors (Lipinski definition) is 2. The number of hydrogen-bond acceptors (Lipinski definition) is 3. The molecule has 18 heavy (non-hydrogen) atoms. The second-order valence-electron chi connectivity index (χ2n) is 5.62. The summed E-state index contributed by atoms with van der Waals surface area (Å²) in [5.41, 5.74) is 5.81. The summed E-state index contributed by atoms with van der Waals surface area (Å²) in [4.78, 5) is 25.3. The Morgan fingerprint density at radius 3 is 2.89 bits per heavy atom. The molecule has 5 nitrogen and oxygen atoms in total. The van der Waals surface area contributed by atoms with Gasteiger partial charge in [-0.05, 0) is 32.6 Å². The largest absolute Gasteiger partial charge is 0.352 e. The summed E-state index contributed by atoms with van der Waals surface area (Å²) in [6, 6.07) is 0.201. The normalized spacial score (nSPS) is 29.7. The molecule has 1 saturated heterocycles. The minimum atomic E-state index is 0.0244. The zero-order valence-corrected chi connectivity index (χ0v) is 11.0. The fourth-order valence-corrected chi connectivity index (χ4v) is 2.89. The topological polar surface area (TPSA) is 75.4 Å². The van der Waals surface area contributed by atoms with Gasteiger partial charge in [0.2, 0.25) is 11.8 Å². The Morgan fingerprint density at radius 1 is 1.56 bits per heavy atom. The molecule has 1 saturated carbocycles. The van der Waals surface area contributed by atoms with Crippen molar-refractivity contribution in [3.63, 3.8) is 0 Å². The number of carbonyl (C=O) groups is 2. The molecule has 2 rings (SSSR count). The van der Waals surface area contributed by atoms with Gasteiger partial charge in [-0.2, -0.15) is 0 Å². The molecule has 3 unspecified atom stereocenters. The first-order valence-electron chi connectivity index (χ1n) is 6.90. The van der Waals surface area contributed by atoms with Crippen LogP contribution in [0.2, 0.25) is 0 Å². The zero-order chi connectivity index (χ0) is 13.1. The molecule has 0 aromatic heterocycles. The van der Waals surface area contributed by atoms with E-state index >= 15 is 0 Å². The van der Waals surface area contributed by atoms with Crippen molar-refractivity contribution in [1.82, 2.24) is 10.2 Å². The minimum absolute atomic E-state index is 0.0244. The van der Waals surface area contributed by atoms with Crippen LogP contribution in [0.25, 0.3) is 0 Å². The molecule has 1 heterocycles. The number of likely N-dealkylation sites (tertiary alicyclic amines) is 1. The molecule has 2 amide bonds. The Bertz CT molecular complexity index is 332. The predicted molar refractivity (Wildman–Crippen MR) is 68.7 cm³/mol. The van der Waals surface area contributed by atoms with Crippen LogP contribution in [0.5, 0.6) is 0 Å². The molecule has 0 bridgehead atoms. The van der Waals surface area contributed by atoms with Crippen LogP contribution in [0.15, 0.2) is 0 Å². The summed E-state index contributed by atoms with van der Waals surface area (Å²) in [6.45, 7) is 3.41. The lowest BCUT2D eigenvalue weighted by atomic mass is 10.1. The quantitative estimate of drug-likeness (QED) is 0.753. The van der Waals surface area contributed by atoms with Crippen LogP contribution < -0.4 is 11.1 Å². The van der Waals surface area contributed by atoms with Crippen molar-refractivity contribution in [3.8, 4) is 0 Å². The highest BCUT2D eigenvalue weighted by Gasteiger charge is 2.29. The summed E-state index contributed by atoms with van der Waals surface area (Å²) < 4.78 is 0. The maximum Gasteiger partial charge on any atom is 0.223 e. The van der Waals surface area contributed by atoms with Gasteiger partial charge in [0.25, 0.3) is 0 Å². The maximum atomic E-state index is 12.0. The second kappa shape index (κ2) is 5.69. The van der Waals surface area contributed by atoms with E-state index in [0.29, 0.717) is 13.0 Å². The van der Waals surface area contributed by atoms with E-state index in [-0.39, 0.29) is 29.8 Å². The van der Waals surface area contributed by atoms with E-state index in [1.165, 1.54) is 0 Å². The fraction of sp³-hybridized carbons (Fsp3) is 0.846. The summed E-state index contributed by atoms with van der Waals surface area (Å²) in [6.07, 6.45) is 4.22. The minimum Gasteiger partial charge on any atom is -0.352 e. The Hall–Kier alpha value is -1.10. The summed E-state index contributed by atoms with van der Waals surface area (Å²) in [5, 5.41) is 3.00. The predicted octanol–water partition coefficient (Wildman–Crippen LogP) is 0.241. The Balaban J connectivity index is 1.75. The highest BCUT2D eigenvalue weighted by molar-refractivity contribution is 5.80. The third-order valence-electron chi connectivity index (χ3n) is 3.90. The van der Waals surface area contributed by atoms with Gasteiger partial charge < -0.3 is 16.0 Å². The molecular formula is C13H23N3O2. The fourth-order valence-electron chi connectivity index (χ4n) is 2.89. The maximum absolute atomic E-state index is 12.0. The monoisotopic (exact) mass is 253 g/mol. The molecule has 2 aliphatic rings. The molecule has 2 fully saturated rings. The van der Waals surface area contributed by atoms with E-state index in [2.05, 4.69) is 5.32 Å². The highest BCUT2D eigenvalue weighted by atomic mass is 16.2. The lowest BCUT2D eigenvalue weighted by molar-refractivity contribution is -0.129. The van der Waals surface area contributed by atoms with Gasteiger partial charge in [0.05, 0.1) is 0 Å². The Morgan fingerprint density at radius 2 is 2.33 bits per heavy atom. The van der Waals surface area contributed by atoms with Crippen molar-refractivity contribution in [3.05, 3.63) is 0 Å². The van der Waals surface area contributed by atoms with E-state index in [1.807, 2.05) is 11.8 Å². The van der Waals surface area contributed by atoms with Crippen LogP contribution in [-0.2, 0) is 9.59 Å². The first-order valence-corrected chi connectivity index (χ1v) is 6.90. The first kappa shape index (κ1) is 13.3. The van der Waals surface area contributed by atoms with Gasteiger partial charge >= 0.3 is 0 Å². The first-order chi connectivity index (χ1) is 8.56. The second-order valence-corrected chi connectivity index (χ2v) is 5.62. The van der Waals surface area contributed by atoms with Gasteiger partial charge in [-0.25, -0.2) is 0 Å². The van der Waals surface area contributed by atoms with Gasteiger partial charge in [0, 0.05) is 37.5 Å². The van der Waals surface area contributed by atoms with Gasteiger partial charge in [-0.1, -0.05) is 0 Å². The Labute approximate surface area is 108 Å². The van der Waals surface area contributed by atoms with Crippen molar-refractivity contribution in [2.24, 2.45) is 11.7 Å². The number of nitrogens with zero attached hydrogens (tertiary/aromatic N) is 1. The van der Waals surface area contributed by atoms with Gasteiger partial charge in [0.1, 0.15) is 0 Å². The number of carbonyl (C=O) groups excluding carboxylic acids is 2. The van der Waals surface area contributed by atoms with Crippen molar-refractivity contribution in [2.45, 2.75) is 51.1 Å². The van der Waals surface area contributed by atoms with E-state index in [9.17, 15) is 9.59 Å². The lowest BCUT2D eigenvalue weighted by Crippen LogP contribution is -2.44. The summed E-state index contributed by atoms with van der Waals surface area (Å²) in [7, 11) is 0. The van der Waals surface area contributed by atoms with Gasteiger partial charge in [0.15, 0.2) is 0 Å². The molecule has 1 aliphatic heterocycles. The van der Waals surface area contributed by atoms with Crippen LogP contribution in [0, 0.1) is 5.92 Å². The number of nitrogens with two attached hydrogens (primary N) is 1. The standard InChI is InChI=1S/C13H23N3O2/c1-9(8-16-6-2-3-12(16)17)15-13(18)10-4-5-11(14)7-10/h9-11H,2-8,14H2,1H3,(H,15,18). The molecule has 3 atom stereocenters. The molecular weight excluding hydrogens is 230 g/mol. The van der Waals surface area contributed by atoms with Gasteiger partial charge in [-0.3, -0.25) is 9.59 Å². The zero-order valence-electron chi connectivity index (χ0n) is 11.0. The van der Waals surface area contributed by atoms with Crippen molar-refractivity contribution >= 4 is 11.8 Å². The van der Waals surface area contributed by atoms with Crippen molar-refractivity contribution in [2.75, 3.05) is 13.1 Å². The molecule has 5 heteroatoms. The molecule has 0 radical (unpaired) electrons. The molecule has 102 valence electrons. The number of nitrogens with one attached hydrogen (secondary N) is 1. The smallest absolute Gasteiger partial charge is 0.223 e. The number of rotatable bonds is 4. The van der Waals surface area contributed by atoms with Crippen molar-refractivity contribution in [1.29, 1.82) is 0 Å². The van der Waals surface area contributed by atoms with Gasteiger partial charge in [-0.15, -0.1) is 0 Å². The lowest BCUT2D eigenvalue weighted by Gasteiger charge is -2.23. The van der Waals surface area contributed by atoms with E-state index in [1.54, 1.807) is 0 Å². The molecule has 1 aliphatic carbocycles. The summed E-state index contributed by atoms with van der Waals surface area (Å²) in [5.74, 6) is 0.373.